The molecule has 2 aromatic rings. The number of hydrogen-bond donors (Lipinski definition) is 0. The van der Waals surface area contributed by atoms with Gasteiger partial charge in [-0.3, -0.25) is 14.2 Å². The largest absolute Gasteiger partial charge is 0.408 e. The van der Waals surface area contributed by atoms with Crippen molar-refractivity contribution in [1.29, 1.82) is 0 Å². The molecular formula is C20H19ClF3N5O3. The lowest BCUT2D eigenvalue weighted by Gasteiger charge is -2.39. The van der Waals surface area contributed by atoms with Crippen molar-refractivity contribution in [3.63, 3.8) is 0 Å². The summed E-state index contributed by atoms with van der Waals surface area (Å²) in [7, 11) is 0. The highest BCUT2D eigenvalue weighted by Crippen LogP contribution is 2.36. The highest BCUT2D eigenvalue weighted by molar-refractivity contribution is 6.29. The average molecular weight is 470 g/mol. The number of carbonyl (C=O) groups excluding carboxylic acids is 1. The van der Waals surface area contributed by atoms with E-state index in [1.165, 1.54) is 29.0 Å². The van der Waals surface area contributed by atoms with Gasteiger partial charge in [0, 0.05) is 30.9 Å². The number of halogens is 4. The van der Waals surface area contributed by atoms with Crippen LogP contribution in [0.3, 0.4) is 0 Å². The molecule has 0 N–H and O–H groups in total. The molecule has 2 saturated heterocycles. The Bertz CT molecular complexity index is 1110. The zero-order valence-electron chi connectivity index (χ0n) is 16.8. The molecule has 12 heteroatoms. The van der Waals surface area contributed by atoms with E-state index in [1.807, 2.05) is 4.90 Å². The van der Waals surface area contributed by atoms with E-state index in [0.29, 0.717) is 19.0 Å². The van der Waals surface area contributed by atoms with Gasteiger partial charge in [-0.05, 0) is 25.0 Å². The number of ether oxygens (including phenoxy) is 1. The maximum atomic E-state index is 13.9. The van der Waals surface area contributed by atoms with Crippen molar-refractivity contribution in [1.82, 2.24) is 14.5 Å². The first-order valence-corrected chi connectivity index (χ1v) is 10.6. The smallest absolute Gasteiger partial charge is 0.374 e. The van der Waals surface area contributed by atoms with E-state index in [9.17, 15) is 22.8 Å². The monoisotopic (exact) mass is 469 g/mol. The predicted octanol–water partition coefficient (Wildman–Crippen LogP) is 2.29. The zero-order chi connectivity index (χ0) is 22.6. The van der Waals surface area contributed by atoms with Crippen LogP contribution in [0.2, 0.25) is 5.15 Å². The molecule has 0 amide bonds. The molecule has 0 radical (unpaired) electrons. The Morgan fingerprint density at radius 3 is 2.75 bits per heavy atom. The standard InChI is InChI=1S/C20H19ClF3N5O3/c21-16-2-1-11(7-25-16)14(30)9-29-15(20(22,23)24)3-4-27-18(31)6-17(26-19(27)29)28-8-13-5-12(28)10-32-13/h1-2,6-7,12-13,15H,3-5,8-10H2/t12?,13-,15-/m0/s1. The van der Waals surface area contributed by atoms with Crippen LogP contribution in [0.25, 0.3) is 0 Å². The van der Waals surface area contributed by atoms with Crippen LogP contribution in [0, 0.1) is 0 Å². The summed E-state index contributed by atoms with van der Waals surface area (Å²) in [6.07, 6.45) is -2.92. The second kappa shape index (κ2) is 7.73. The van der Waals surface area contributed by atoms with E-state index in [1.54, 1.807) is 0 Å². The number of carbonyl (C=O) groups is 1. The molecule has 8 nitrogen and oxygen atoms in total. The molecule has 3 atom stereocenters. The zero-order valence-corrected chi connectivity index (χ0v) is 17.5. The fraction of sp³-hybridized carbons (Fsp3) is 0.500. The predicted molar refractivity (Wildman–Crippen MR) is 109 cm³/mol. The Morgan fingerprint density at radius 1 is 1.31 bits per heavy atom. The van der Waals surface area contributed by atoms with Gasteiger partial charge in [0.1, 0.15) is 17.0 Å². The van der Waals surface area contributed by atoms with Crippen molar-refractivity contribution < 1.29 is 22.7 Å². The molecule has 0 saturated carbocycles. The molecule has 170 valence electrons. The van der Waals surface area contributed by atoms with E-state index < -0.39 is 30.1 Å². The van der Waals surface area contributed by atoms with Crippen LogP contribution >= 0.6 is 11.6 Å². The number of morpholine rings is 1. The summed E-state index contributed by atoms with van der Waals surface area (Å²) in [6.45, 7) is 0.285. The van der Waals surface area contributed by atoms with Crippen LogP contribution in [-0.4, -0.2) is 64.4 Å². The van der Waals surface area contributed by atoms with Gasteiger partial charge < -0.3 is 14.5 Å². The van der Waals surface area contributed by atoms with Crippen LogP contribution in [0.1, 0.15) is 23.2 Å². The van der Waals surface area contributed by atoms with Gasteiger partial charge in [0.05, 0.1) is 25.3 Å². The summed E-state index contributed by atoms with van der Waals surface area (Å²) in [5, 5.41) is 0.166. The molecule has 1 unspecified atom stereocenters. The SMILES string of the molecule is O=C(CN1c2nc(N3C[C@@H]4CC3CO4)cc(=O)n2CC[C@H]1C(F)(F)F)c1ccc(Cl)nc1. The second-order valence-electron chi connectivity index (χ2n) is 8.17. The molecule has 2 bridgehead atoms. The summed E-state index contributed by atoms with van der Waals surface area (Å²) in [5.41, 5.74) is -0.320. The molecule has 2 aromatic heterocycles. The number of alkyl halides is 3. The van der Waals surface area contributed by atoms with Crippen LogP contribution in [0.15, 0.2) is 29.2 Å². The number of aromatic nitrogens is 3. The summed E-state index contributed by atoms with van der Waals surface area (Å²) in [4.78, 5) is 36.7. The molecule has 2 fully saturated rings. The topological polar surface area (TPSA) is 80.6 Å². The molecule has 5 rings (SSSR count). The lowest BCUT2D eigenvalue weighted by atomic mass is 10.1. The first-order valence-electron chi connectivity index (χ1n) is 10.2. The van der Waals surface area contributed by atoms with Gasteiger partial charge in [-0.2, -0.15) is 18.2 Å². The fourth-order valence-corrected chi connectivity index (χ4v) is 4.71. The minimum Gasteiger partial charge on any atom is -0.374 e. The van der Waals surface area contributed by atoms with Gasteiger partial charge in [-0.1, -0.05) is 11.6 Å². The normalized spacial score (nSPS) is 24.7. The molecular weight excluding hydrogens is 451 g/mol. The molecule has 5 heterocycles. The molecule has 0 aromatic carbocycles. The molecule has 0 spiro atoms. The van der Waals surface area contributed by atoms with Crippen molar-refractivity contribution >= 4 is 29.2 Å². The number of rotatable bonds is 4. The summed E-state index contributed by atoms with van der Waals surface area (Å²) in [5.74, 6) is -0.421. The minimum atomic E-state index is -4.60. The number of anilines is 2. The fourth-order valence-electron chi connectivity index (χ4n) is 4.59. The van der Waals surface area contributed by atoms with Crippen LogP contribution in [-0.2, 0) is 11.3 Å². The molecule has 32 heavy (non-hydrogen) atoms. The number of pyridine rings is 1. The summed E-state index contributed by atoms with van der Waals surface area (Å²) < 4.78 is 48.4. The van der Waals surface area contributed by atoms with Gasteiger partial charge in [-0.15, -0.1) is 0 Å². The van der Waals surface area contributed by atoms with Crippen molar-refractivity contribution in [2.24, 2.45) is 0 Å². The van der Waals surface area contributed by atoms with Crippen LogP contribution in [0.5, 0.6) is 0 Å². The molecule has 3 aliphatic heterocycles. The minimum absolute atomic E-state index is 0.0265. The van der Waals surface area contributed by atoms with E-state index in [0.717, 1.165) is 11.3 Å². The molecule has 0 aliphatic carbocycles. The third-order valence-corrected chi connectivity index (χ3v) is 6.39. The van der Waals surface area contributed by atoms with Gasteiger partial charge in [0.2, 0.25) is 5.95 Å². The number of fused-ring (bicyclic) bond motifs is 3. The van der Waals surface area contributed by atoms with Gasteiger partial charge in [0.25, 0.3) is 5.56 Å². The Hall–Kier alpha value is -2.66. The molecule has 3 aliphatic rings. The highest BCUT2D eigenvalue weighted by atomic mass is 35.5. The van der Waals surface area contributed by atoms with E-state index >= 15 is 0 Å². The van der Waals surface area contributed by atoms with E-state index in [-0.39, 0.29) is 41.8 Å². The Balaban J connectivity index is 1.53. The Kier molecular flexibility index (Phi) is 5.12. The first kappa shape index (κ1) is 21.2. The number of ketones is 1. The summed E-state index contributed by atoms with van der Waals surface area (Å²) >= 11 is 5.74. The van der Waals surface area contributed by atoms with Crippen LogP contribution in [0.4, 0.5) is 24.9 Å². The Morgan fingerprint density at radius 2 is 2.12 bits per heavy atom. The highest BCUT2D eigenvalue weighted by Gasteiger charge is 2.48. The van der Waals surface area contributed by atoms with Crippen LogP contribution < -0.4 is 15.4 Å². The second-order valence-corrected chi connectivity index (χ2v) is 8.56. The summed E-state index contributed by atoms with van der Waals surface area (Å²) in [6, 6.07) is 2.24. The van der Waals surface area contributed by atoms with Crippen molar-refractivity contribution in [3.05, 3.63) is 45.5 Å². The number of nitrogens with zero attached hydrogens (tertiary/aromatic N) is 5. The lowest BCUT2D eigenvalue weighted by molar-refractivity contribution is -0.152. The van der Waals surface area contributed by atoms with Gasteiger partial charge in [-0.25, -0.2) is 4.98 Å². The van der Waals surface area contributed by atoms with E-state index in [2.05, 4.69) is 9.97 Å². The third-order valence-electron chi connectivity index (χ3n) is 6.17. The number of hydrogen-bond acceptors (Lipinski definition) is 7. The maximum absolute atomic E-state index is 13.9. The average Bonchev–Trinajstić information content (AvgIpc) is 3.37. The lowest BCUT2D eigenvalue weighted by Crippen LogP contribution is -2.54. The van der Waals surface area contributed by atoms with Crippen molar-refractivity contribution in [2.75, 3.05) is 29.5 Å². The Labute approximate surface area is 185 Å². The quantitative estimate of drug-likeness (QED) is 0.502. The van der Waals surface area contributed by atoms with Crippen molar-refractivity contribution in [2.45, 2.75) is 43.8 Å². The number of Topliss-reactive ketones (excluding diaryl/α,β-unsaturated/α-hetero) is 1. The third kappa shape index (κ3) is 3.73. The van der Waals surface area contributed by atoms with Gasteiger partial charge in [0.15, 0.2) is 5.78 Å². The first-order chi connectivity index (χ1) is 15.2. The maximum Gasteiger partial charge on any atom is 0.408 e. The van der Waals surface area contributed by atoms with Gasteiger partial charge >= 0.3 is 6.18 Å². The van der Waals surface area contributed by atoms with Crippen molar-refractivity contribution in [3.8, 4) is 0 Å². The van der Waals surface area contributed by atoms with E-state index in [4.69, 9.17) is 16.3 Å².